The number of hydrogen-bond acceptors (Lipinski definition) is 3. The molecule has 3 heterocycles. The van der Waals surface area contributed by atoms with E-state index in [1.165, 1.54) is 12.8 Å². The highest BCUT2D eigenvalue weighted by molar-refractivity contribution is 5.50. The van der Waals surface area contributed by atoms with E-state index in [4.69, 9.17) is 4.74 Å². The molecule has 0 radical (unpaired) electrons. The van der Waals surface area contributed by atoms with E-state index in [9.17, 15) is 0 Å². The first-order chi connectivity index (χ1) is 8.38. The monoisotopic (exact) mass is 231 g/mol. The Morgan fingerprint density at radius 2 is 2.47 bits per heavy atom. The molecular weight excluding hydrogens is 214 g/mol. The van der Waals surface area contributed by atoms with Crippen molar-refractivity contribution in [1.82, 2.24) is 14.7 Å². The molecule has 0 amide bonds. The van der Waals surface area contributed by atoms with E-state index in [-0.39, 0.29) is 0 Å². The molecule has 0 bridgehead atoms. The van der Waals surface area contributed by atoms with Crippen molar-refractivity contribution in [2.75, 3.05) is 20.2 Å². The number of nitrogens with zero attached hydrogens (tertiary/aromatic N) is 2. The van der Waals surface area contributed by atoms with Gasteiger partial charge in [-0.1, -0.05) is 0 Å². The van der Waals surface area contributed by atoms with Crippen LogP contribution >= 0.6 is 0 Å². The number of methoxy groups -OCH3 is 1. The van der Waals surface area contributed by atoms with Gasteiger partial charge in [-0.05, 0) is 25.5 Å². The molecule has 1 saturated heterocycles. The van der Waals surface area contributed by atoms with Crippen LogP contribution in [0.5, 0.6) is 5.75 Å². The standard InChI is InChI=1S/C13H17N3O/c1-17-12-4-6-16-11(7-12)9-15-13(16)10-3-2-5-14-8-10/h4,6-7,9-10,14H,2-3,5,8H2,1H3. The second-order valence-electron chi connectivity index (χ2n) is 4.52. The van der Waals surface area contributed by atoms with Crippen LogP contribution in [-0.4, -0.2) is 29.6 Å². The van der Waals surface area contributed by atoms with Gasteiger partial charge in [0.25, 0.3) is 0 Å². The summed E-state index contributed by atoms with van der Waals surface area (Å²) in [6.45, 7) is 2.17. The average molecular weight is 231 g/mol. The van der Waals surface area contributed by atoms with Gasteiger partial charge in [-0.3, -0.25) is 0 Å². The Hall–Kier alpha value is -1.55. The first-order valence-electron chi connectivity index (χ1n) is 6.10. The molecule has 1 aliphatic heterocycles. The fraction of sp³-hybridized carbons (Fsp3) is 0.462. The van der Waals surface area contributed by atoms with Gasteiger partial charge in [0.1, 0.15) is 11.6 Å². The molecule has 2 aromatic rings. The summed E-state index contributed by atoms with van der Waals surface area (Å²) in [5.41, 5.74) is 1.10. The molecule has 4 heteroatoms. The molecule has 1 atom stereocenters. The summed E-state index contributed by atoms with van der Waals surface area (Å²) >= 11 is 0. The lowest BCUT2D eigenvalue weighted by Crippen LogP contribution is -2.29. The largest absolute Gasteiger partial charge is 0.497 e. The summed E-state index contributed by atoms with van der Waals surface area (Å²) in [5.74, 6) is 2.57. The van der Waals surface area contributed by atoms with Gasteiger partial charge < -0.3 is 14.5 Å². The zero-order valence-electron chi connectivity index (χ0n) is 10.0. The smallest absolute Gasteiger partial charge is 0.122 e. The van der Waals surface area contributed by atoms with Gasteiger partial charge in [-0.2, -0.15) is 0 Å². The maximum atomic E-state index is 5.22. The highest BCUT2D eigenvalue weighted by atomic mass is 16.5. The lowest BCUT2D eigenvalue weighted by Gasteiger charge is -2.21. The van der Waals surface area contributed by atoms with Gasteiger partial charge in [0.2, 0.25) is 0 Å². The minimum absolute atomic E-state index is 0.527. The third-order valence-electron chi connectivity index (χ3n) is 3.43. The summed E-state index contributed by atoms with van der Waals surface area (Å²) in [5, 5.41) is 3.43. The molecule has 90 valence electrons. The molecule has 0 aliphatic carbocycles. The fourth-order valence-corrected chi connectivity index (χ4v) is 2.50. The van der Waals surface area contributed by atoms with E-state index in [1.807, 2.05) is 24.5 Å². The molecule has 4 nitrogen and oxygen atoms in total. The molecule has 0 saturated carbocycles. The highest BCUT2D eigenvalue weighted by Crippen LogP contribution is 2.24. The summed E-state index contributed by atoms with van der Waals surface area (Å²) in [6, 6.07) is 4.00. The molecule has 17 heavy (non-hydrogen) atoms. The van der Waals surface area contributed by atoms with Crippen LogP contribution in [0, 0.1) is 0 Å². The number of imidazole rings is 1. The van der Waals surface area contributed by atoms with E-state index >= 15 is 0 Å². The van der Waals surface area contributed by atoms with Gasteiger partial charge in [0.15, 0.2) is 0 Å². The van der Waals surface area contributed by atoms with E-state index in [2.05, 4.69) is 14.7 Å². The second-order valence-corrected chi connectivity index (χ2v) is 4.52. The zero-order valence-corrected chi connectivity index (χ0v) is 10.0. The van der Waals surface area contributed by atoms with Crippen molar-refractivity contribution in [2.45, 2.75) is 18.8 Å². The molecule has 1 unspecified atom stereocenters. The van der Waals surface area contributed by atoms with E-state index in [0.29, 0.717) is 5.92 Å². The van der Waals surface area contributed by atoms with Crippen LogP contribution in [0.15, 0.2) is 24.5 Å². The maximum absolute atomic E-state index is 5.22. The predicted molar refractivity (Wildman–Crippen MR) is 66.6 cm³/mol. The van der Waals surface area contributed by atoms with Crippen LogP contribution < -0.4 is 10.1 Å². The Labute approximate surface area is 101 Å². The van der Waals surface area contributed by atoms with Gasteiger partial charge in [-0.15, -0.1) is 0 Å². The topological polar surface area (TPSA) is 38.6 Å². The maximum Gasteiger partial charge on any atom is 0.122 e. The molecule has 1 N–H and O–H groups in total. The van der Waals surface area contributed by atoms with Gasteiger partial charge in [-0.25, -0.2) is 4.98 Å². The van der Waals surface area contributed by atoms with Crippen molar-refractivity contribution in [2.24, 2.45) is 0 Å². The summed E-state index contributed by atoms with van der Waals surface area (Å²) in [6.07, 6.45) is 6.42. The first-order valence-corrected chi connectivity index (χ1v) is 6.10. The summed E-state index contributed by atoms with van der Waals surface area (Å²) < 4.78 is 7.39. The summed E-state index contributed by atoms with van der Waals surface area (Å²) in [4.78, 5) is 4.56. The van der Waals surface area contributed by atoms with Crippen LogP contribution in [0.2, 0.25) is 0 Å². The second kappa shape index (κ2) is 4.37. The number of hydrogen-bond donors (Lipinski definition) is 1. The van der Waals surface area contributed by atoms with E-state index < -0.39 is 0 Å². The quantitative estimate of drug-likeness (QED) is 0.856. The molecule has 0 aromatic carbocycles. The number of aromatic nitrogens is 2. The van der Waals surface area contributed by atoms with Crippen molar-refractivity contribution in [3.63, 3.8) is 0 Å². The van der Waals surface area contributed by atoms with Gasteiger partial charge >= 0.3 is 0 Å². The third-order valence-corrected chi connectivity index (χ3v) is 3.43. The Kier molecular flexibility index (Phi) is 2.73. The van der Waals surface area contributed by atoms with E-state index in [0.717, 1.165) is 30.2 Å². The number of pyridine rings is 1. The van der Waals surface area contributed by atoms with Crippen molar-refractivity contribution in [1.29, 1.82) is 0 Å². The number of piperidine rings is 1. The number of ether oxygens (including phenoxy) is 1. The van der Waals surface area contributed by atoms with Crippen molar-refractivity contribution >= 4 is 5.52 Å². The van der Waals surface area contributed by atoms with Crippen LogP contribution in [0.4, 0.5) is 0 Å². The normalized spacial score (nSPS) is 20.6. The highest BCUT2D eigenvalue weighted by Gasteiger charge is 2.19. The Morgan fingerprint density at radius 1 is 1.53 bits per heavy atom. The molecule has 1 aliphatic rings. The molecule has 2 aromatic heterocycles. The SMILES string of the molecule is COc1ccn2c(C3CCCNC3)ncc2c1. The van der Waals surface area contributed by atoms with Crippen LogP contribution in [0.1, 0.15) is 24.6 Å². The lowest BCUT2D eigenvalue weighted by atomic mass is 9.99. The van der Waals surface area contributed by atoms with Gasteiger partial charge in [0.05, 0.1) is 18.8 Å². The average Bonchev–Trinajstić information content (AvgIpc) is 2.82. The number of rotatable bonds is 2. The minimum atomic E-state index is 0.527. The lowest BCUT2D eigenvalue weighted by molar-refractivity contribution is 0.414. The van der Waals surface area contributed by atoms with Crippen LogP contribution in [0.25, 0.3) is 5.52 Å². The first kappa shape index (κ1) is 10.6. The molecule has 0 spiro atoms. The van der Waals surface area contributed by atoms with Crippen LogP contribution in [-0.2, 0) is 0 Å². The minimum Gasteiger partial charge on any atom is -0.497 e. The molecule has 3 rings (SSSR count). The van der Waals surface area contributed by atoms with E-state index in [1.54, 1.807) is 7.11 Å². The van der Waals surface area contributed by atoms with Crippen molar-refractivity contribution < 1.29 is 4.74 Å². The Bertz CT molecular complexity index is 514. The Balaban J connectivity index is 1.99. The Morgan fingerprint density at radius 3 is 3.24 bits per heavy atom. The number of nitrogens with one attached hydrogen (secondary N) is 1. The van der Waals surface area contributed by atoms with Crippen molar-refractivity contribution in [3.05, 3.63) is 30.4 Å². The fourth-order valence-electron chi connectivity index (χ4n) is 2.50. The predicted octanol–water partition coefficient (Wildman–Crippen LogP) is 1.81. The van der Waals surface area contributed by atoms with Gasteiger partial charge in [0, 0.05) is 24.7 Å². The van der Waals surface area contributed by atoms with Crippen LogP contribution in [0.3, 0.4) is 0 Å². The zero-order chi connectivity index (χ0) is 11.7. The summed E-state index contributed by atoms with van der Waals surface area (Å²) in [7, 11) is 1.69. The molecular formula is C13H17N3O. The third kappa shape index (κ3) is 1.89. The number of fused-ring (bicyclic) bond motifs is 1. The van der Waals surface area contributed by atoms with Crippen molar-refractivity contribution in [3.8, 4) is 5.75 Å². The molecule has 1 fully saturated rings.